The molecular formula is C28H39N3O5. The number of nitrogens with one attached hydrogen (secondary N) is 1. The van der Waals surface area contributed by atoms with E-state index in [0.717, 1.165) is 17.8 Å². The molecule has 0 spiro atoms. The van der Waals surface area contributed by atoms with Gasteiger partial charge in [0.15, 0.2) is 0 Å². The Kier molecular flexibility index (Phi) is 8.29. The average Bonchev–Trinajstić information content (AvgIpc) is 3.20. The van der Waals surface area contributed by atoms with Crippen molar-refractivity contribution in [3.8, 4) is 0 Å². The molecule has 0 bridgehead atoms. The number of ether oxygens (including phenoxy) is 2. The van der Waals surface area contributed by atoms with Crippen LogP contribution in [0.1, 0.15) is 82.0 Å². The minimum atomic E-state index is -0.902. The van der Waals surface area contributed by atoms with Crippen LogP contribution in [0.3, 0.4) is 0 Å². The molecule has 0 saturated carbocycles. The Hall–Kier alpha value is -3.13. The summed E-state index contributed by atoms with van der Waals surface area (Å²) in [5.74, 6) is 0.334. The Labute approximate surface area is 214 Å². The number of nitrogens with zero attached hydrogens (tertiary/aromatic N) is 2. The second-order valence-electron chi connectivity index (χ2n) is 11.4. The van der Waals surface area contributed by atoms with E-state index in [1.165, 1.54) is 7.11 Å². The summed E-state index contributed by atoms with van der Waals surface area (Å²) in [5, 5.41) is 14.6. The number of pyridine rings is 1. The molecule has 36 heavy (non-hydrogen) atoms. The lowest BCUT2D eigenvalue weighted by Crippen LogP contribution is -2.47. The van der Waals surface area contributed by atoms with Crippen LogP contribution in [0.4, 0.5) is 10.6 Å². The predicted octanol–water partition coefficient (Wildman–Crippen LogP) is 5.12. The van der Waals surface area contributed by atoms with Crippen LogP contribution >= 0.6 is 0 Å². The smallest absolute Gasteiger partial charge is 0.410 e. The van der Waals surface area contributed by atoms with Gasteiger partial charge in [0.25, 0.3) is 0 Å². The van der Waals surface area contributed by atoms with Gasteiger partial charge in [-0.25, -0.2) is 14.6 Å². The molecule has 2 N–H and O–H groups in total. The van der Waals surface area contributed by atoms with E-state index in [1.54, 1.807) is 23.2 Å². The maximum absolute atomic E-state index is 13.3. The summed E-state index contributed by atoms with van der Waals surface area (Å²) in [4.78, 5) is 31.2. The second kappa shape index (κ2) is 10.9. The number of carbonyl (C=O) groups is 2. The molecule has 3 rings (SSSR count). The number of anilines is 1. The third kappa shape index (κ3) is 7.20. The van der Waals surface area contributed by atoms with Crippen molar-refractivity contribution in [1.82, 2.24) is 9.88 Å². The molecule has 2 heterocycles. The maximum Gasteiger partial charge on any atom is 0.410 e. The molecule has 3 atom stereocenters. The van der Waals surface area contributed by atoms with Crippen molar-refractivity contribution in [2.24, 2.45) is 0 Å². The molecule has 196 valence electrons. The van der Waals surface area contributed by atoms with E-state index in [2.05, 4.69) is 31.1 Å². The Morgan fingerprint density at radius 1 is 1.08 bits per heavy atom. The molecule has 1 aliphatic rings. The molecule has 1 fully saturated rings. The summed E-state index contributed by atoms with van der Waals surface area (Å²) in [6.45, 7) is 11.7. The van der Waals surface area contributed by atoms with Crippen LogP contribution < -0.4 is 5.32 Å². The number of aliphatic hydroxyl groups is 1. The van der Waals surface area contributed by atoms with Crippen molar-refractivity contribution in [2.45, 2.75) is 90.1 Å². The van der Waals surface area contributed by atoms with Gasteiger partial charge in [-0.05, 0) is 84.6 Å². The topological polar surface area (TPSA) is 101 Å². The first-order valence-corrected chi connectivity index (χ1v) is 12.4. The van der Waals surface area contributed by atoms with Crippen LogP contribution in [0.5, 0.6) is 0 Å². The molecule has 1 saturated heterocycles. The molecule has 1 unspecified atom stereocenters. The van der Waals surface area contributed by atoms with E-state index in [9.17, 15) is 14.7 Å². The molecule has 1 amide bonds. The first-order chi connectivity index (χ1) is 16.8. The molecule has 8 nitrogen and oxygen atoms in total. The molecule has 0 aliphatic carbocycles. The number of aliphatic hydroxyl groups excluding tert-OH is 1. The van der Waals surface area contributed by atoms with Crippen LogP contribution in [0.15, 0.2) is 42.6 Å². The number of hydrogen-bond donors (Lipinski definition) is 2. The third-order valence-electron chi connectivity index (χ3n) is 5.99. The SMILES string of the molecule is COC(=O)c1ccc(C[C@@H]2CC[C@H](C(O)c3ccc(NC(C)(C)C)nc3)N2C(=O)OC(C)(C)C)cc1. The lowest BCUT2D eigenvalue weighted by molar-refractivity contribution is -0.00459. The van der Waals surface area contributed by atoms with E-state index in [0.29, 0.717) is 24.0 Å². The average molecular weight is 498 g/mol. The van der Waals surface area contributed by atoms with Crippen molar-refractivity contribution in [2.75, 3.05) is 12.4 Å². The summed E-state index contributed by atoms with van der Waals surface area (Å²) < 4.78 is 10.5. The van der Waals surface area contributed by atoms with Crippen molar-refractivity contribution < 1.29 is 24.2 Å². The number of aromatic nitrogens is 1. The quantitative estimate of drug-likeness (QED) is 0.534. The number of esters is 1. The summed E-state index contributed by atoms with van der Waals surface area (Å²) in [6.07, 6.45) is 2.24. The molecule has 1 aliphatic heterocycles. The van der Waals surface area contributed by atoms with E-state index < -0.39 is 29.8 Å². The standard InChI is InChI=1S/C28H39N3O5/c1-27(2,3)30-23-15-12-20(17-29-23)24(32)22-14-13-21(31(22)26(34)36-28(4,5)6)16-18-8-10-19(11-9-18)25(33)35-7/h8-12,15,17,21-22,24,32H,13-14,16H2,1-7H3,(H,29,30)/t21-,22+,24?/m0/s1. The highest BCUT2D eigenvalue weighted by atomic mass is 16.6. The third-order valence-corrected chi connectivity index (χ3v) is 5.99. The fraction of sp³-hybridized carbons (Fsp3) is 0.536. The minimum Gasteiger partial charge on any atom is -0.465 e. The summed E-state index contributed by atoms with van der Waals surface area (Å²) in [5.41, 5.74) is 1.31. The van der Waals surface area contributed by atoms with Crippen LogP contribution in [-0.4, -0.2) is 57.4 Å². The maximum atomic E-state index is 13.3. The van der Waals surface area contributed by atoms with Crippen molar-refractivity contribution in [3.63, 3.8) is 0 Å². The Morgan fingerprint density at radius 2 is 1.75 bits per heavy atom. The lowest BCUT2D eigenvalue weighted by Gasteiger charge is -2.35. The van der Waals surface area contributed by atoms with Crippen LogP contribution in [0.2, 0.25) is 0 Å². The van der Waals surface area contributed by atoms with Crippen molar-refractivity contribution in [3.05, 3.63) is 59.3 Å². The van der Waals surface area contributed by atoms with Crippen LogP contribution in [-0.2, 0) is 15.9 Å². The number of methoxy groups -OCH3 is 1. The van der Waals surface area contributed by atoms with Crippen molar-refractivity contribution in [1.29, 1.82) is 0 Å². The largest absolute Gasteiger partial charge is 0.465 e. The van der Waals surface area contributed by atoms with Gasteiger partial charge in [0.2, 0.25) is 0 Å². The number of benzene rings is 1. The summed E-state index contributed by atoms with van der Waals surface area (Å²) >= 11 is 0. The van der Waals surface area contributed by atoms with Gasteiger partial charge >= 0.3 is 12.1 Å². The van der Waals surface area contributed by atoms with Crippen LogP contribution in [0, 0.1) is 0 Å². The number of amides is 1. The molecular weight excluding hydrogens is 458 g/mol. The lowest BCUT2D eigenvalue weighted by atomic mass is 10.0. The Morgan fingerprint density at radius 3 is 2.28 bits per heavy atom. The van der Waals surface area contributed by atoms with E-state index in [1.807, 2.05) is 45.0 Å². The normalized spacial score (nSPS) is 19.1. The number of hydrogen-bond acceptors (Lipinski definition) is 7. The van der Waals surface area contributed by atoms with Crippen LogP contribution in [0.25, 0.3) is 0 Å². The van der Waals surface area contributed by atoms with Gasteiger partial charge in [-0.1, -0.05) is 18.2 Å². The fourth-order valence-corrected chi connectivity index (χ4v) is 4.45. The Balaban J connectivity index is 1.81. The number of carbonyl (C=O) groups excluding carboxylic acids is 2. The zero-order valence-corrected chi connectivity index (χ0v) is 22.4. The first-order valence-electron chi connectivity index (χ1n) is 12.4. The molecule has 2 aromatic rings. The van der Waals surface area contributed by atoms with E-state index in [-0.39, 0.29) is 11.6 Å². The number of rotatable bonds is 6. The van der Waals surface area contributed by atoms with Crippen molar-refractivity contribution >= 4 is 17.9 Å². The van der Waals surface area contributed by atoms with Gasteiger partial charge in [-0.3, -0.25) is 4.90 Å². The van der Waals surface area contributed by atoms with Gasteiger partial charge in [0.05, 0.1) is 18.7 Å². The molecule has 8 heteroatoms. The highest BCUT2D eigenvalue weighted by Gasteiger charge is 2.43. The highest BCUT2D eigenvalue weighted by Crippen LogP contribution is 2.36. The molecule has 1 aromatic heterocycles. The number of likely N-dealkylation sites (tertiary alicyclic amines) is 1. The second-order valence-corrected chi connectivity index (χ2v) is 11.4. The minimum absolute atomic E-state index is 0.131. The highest BCUT2D eigenvalue weighted by molar-refractivity contribution is 5.89. The van der Waals surface area contributed by atoms with Gasteiger partial charge in [-0.2, -0.15) is 0 Å². The monoisotopic (exact) mass is 497 g/mol. The molecule has 0 radical (unpaired) electrons. The van der Waals surface area contributed by atoms with E-state index >= 15 is 0 Å². The fourth-order valence-electron chi connectivity index (χ4n) is 4.45. The van der Waals surface area contributed by atoms with Gasteiger partial charge in [0.1, 0.15) is 17.5 Å². The first kappa shape index (κ1) is 27.5. The summed E-state index contributed by atoms with van der Waals surface area (Å²) in [7, 11) is 1.35. The summed E-state index contributed by atoms with van der Waals surface area (Å²) in [6, 6.07) is 10.3. The Bertz CT molecular complexity index is 1040. The van der Waals surface area contributed by atoms with Gasteiger partial charge in [-0.15, -0.1) is 0 Å². The zero-order chi connectivity index (χ0) is 26.7. The zero-order valence-electron chi connectivity index (χ0n) is 22.4. The van der Waals surface area contributed by atoms with Gasteiger partial charge in [0, 0.05) is 23.3 Å². The van der Waals surface area contributed by atoms with E-state index in [4.69, 9.17) is 9.47 Å². The molecule has 1 aromatic carbocycles. The van der Waals surface area contributed by atoms with Gasteiger partial charge < -0.3 is 19.9 Å². The predicted molar refractivity (Wildman–Crippen MR) is 139 cm³/mol.